The maximum Gasteiger partial charge on any atom is 0.269 e. The van der Waals surface area contributed by atoms with Crippen molar-refractivity contribution in [3.63, 3.8) is 0 Å². The van der Waals surface area contributed by atoms with Crippen LogP contribution in [0.5, 0.6) is 0 Å². The van der Waals surface area contributed by atoms with E-state index < -0.39 is 5.82 Å². The van der Waals surface area contributed by atoms with Crippen molar-refractivity contribution in [3.05, 3.63) is 64.2 Å². The molecule has 0 aliphatic carbocycles. The summed E-state index contributed by atoms with van der Waals surface area (Å²) in [4.78, 5) is 21.8. The van der Waals surface area contributed by atoms with Crippen molar-refractivity contribution in [1.29, 1.82) is 0 Å². The number of hydrogen-bond donors (Lipinski definition) is 4. The zero-order valence-corrected chi connectivity index (χ0v) is 17.4. The minimum Gasteiger partial charge on any atom is -0.391 e. The molecule has 1 aromatic carbocycles. The van der Waals surface area contributed by atoms with E-state index in [2.05, 4.69) is 20.7 Å². The number of pyridine rings is 1. The Morgan fingerprint density at radius 1 is 1.24 bits per heavy atom. The number of aliphatic imine (C=N–C) groups is 1. The van der Waals surface area contributed by atoms with Gasteiger partial charge < -0.3 is 16.5 Å². The molecule has 0 unspecified atom stereocenters. The molecule has 2 aromatic rings. The molecule has 6 N–H and O–H groups in total. The molecule has 0 spiro atoms. The number of carbonyl (C=O) groups is 1. The Morgan fingerprint density at radius 3 is 2.66 bits per heavy atom. The van der Waals surface area contributed by atoms with Gasteiger partial charge in [0, 0.05) is 12.1 Å². The Balaban J connectivity index is 0.00000145. The van der Waals surface area contributed by atoms with Crippen LogP contribution in [0.2, 0.25) is 0 Å². The summed E-state index contributed by atoms with van der Waals surface area (Å²) in [5.41, 5.74) is 10.1. The SMILES string of the molecule is CC.CCCNC(=O)c1ccc2c(n1)N=C(c1cccc(F)c1)C(NN)=C(N)S2. The number of fused-ring (bicyclic) bond motifs is 1. The fraction of sp³-hybridized carbons (Fsp3) is 0.250. The predicted octanol–water partition coefficient (Wildman–Crippen LogP) is 3.20. The van der Waals surface area contributed by atoms with E-state index in [4.69, 9.17) is 11.6 Å². The second-order valence-corrected chi connectivity index (χ2v) is 6.81. The number of halogens is 1. The fourth-order valence-electron chi connectivity index (χ4n) is 2.48. The molecule has 9 heteroatoms. The number of benzene rings is 1. The Bertz CT molecular complexity index is 944. The van der Waals surface area contributed by atoms with E-state index in [9.17, 15) is 9.18 Å². The van der Waals surface area contributed by atoms with Gasteiger partial charge in [0.05, 0.1) is 9.92 Å². The molecule has 0 atom stereocenters. The highest BCUT2D eigenvalue weighted by molar-refractivity contribution is 8.03. The smallest absolute Gasteiger partial charge is 0.269 e. The Hall–Kier alpha value is -2.91. The number of amides is 1. The molecule has 29 heavy (non-hydrogen) atoms. The highest BCUT2D eigenvalue weighted by atomic mass is 32.2. The lowest BCUT2D eigenvalue weighted by molar-refractivity contribution is 0.0948. The zero-order valence-electron chi connectivity index (χ0n) is 16.6. The molecule has 2 heterocycles. The summed E-state index contributed by atoms with van der Waals surface area (Å²) in [6, 6.07) is 9.27. The summed E-state index contributed by atoms with van der Waals surface area (Å²) in [7, 11) is 0. The summed E-state index contributed by atoms with van der Waals surface area (Å²) in [6.45, 7) is 6.52. The second kappa shape index (κ2) is 10.6. The third kappa shape index (κ3) is 5.33. The summed E-state index contributed by atoms with van der Waals surface area (Å²) < 4.78 is 13.7. The average molecular weight is 417 g/mol. The molecule has 1 amide bonds. The van der Waals surface area contributed by atoms with Crippen molar-refractivity contribution in [2.45, 2.75) is 32.1 Å². The van der Waals surface area contributed by atoms with Gasteiger partial charge in [-0.3, -0.25) is 10.6 Å². The number of aromatic nitrogens is 1. The molecule has 0 saturated heterocycles. The van der Waals surface area contributed by atoms with Gasteiger partial charge in [0.2, 0.25) is 0 Å². The van der Waals surface area contributed by atoms with E-state index in [1.807, 2.05) is 20.8 Å². The van der Waals surface area contributed by atoms with Crippen LogP contribution in [0.25, 0.3) is 0 Å². The lowest BCUT2D eigenvalue weighted by Gasteiger charge is -2.11. The molecule has 1 aliphatic rings. The molecule has 0 radical (unpaired) electrons. The number of nitrogens with two attached hydrogens (primary N) is 2. The van der Waals surface area contributed by atoms with Gasteiger partial charge in [0.25, 0.3) is 5.91 Å². The Morgan fingerprint density at radius 2 is 2.00 bits per heavy atom. The van der Waals surface area contributed by atoms with Crippen LogP contribution in [0.4, 0.5) is 10.2 Å². The van der Waals surface area contributed by atoms with Gasteiger partial charge >= 0.3 is 0 Å². The number of allylic oxidation sites excluding steroid dienone is 1. The van der Waals surface area contributed by atoms with E-state index >= 15 is 0 Å². The number of rotatable bonds is 5. The van der Waals surface area contributed by atoms with Gasteiger partial charge in [-0.25, -0.2) is 14.4 Å². The summed E-state index contributed by atoms with van der Waals surface area (Å²) >= 11 is 1.22. The highest BCUT2D eigenvalue weighted by Crippen LogP contribution is 2.36. The fourth-order valence-corrected chi connectivity index (χ4v) is 3.30. The minimum atomic E-state index is -0.414. The summed E-state index contributed by atoms with van der Waals surface area (Å²) in [6.07, 6.45) is 0.820. The zero-order chi connectivity index (χ0) is 21.4. The Labute approximate surface area is 173 Å². The topological polar surface area (TPSA) is 118 Å². The first-order valence-corrected chi connectivity index (χ1v) is 10.1. The third-order valence-electron chi connectivity index (χ3n) is 3.77. The maximum atomic E-state index is 13.7. The molecule has 1 aromatic heterocycles. The van der Waals surface area contributed by atoms with Crippen molar-refractivity contribution in [1.82, 2.24) is 15.7 Å². The van der Waals surface area contributed by atoms with Crippen LogP contribution < -0.4 is 22.3 Å². The normalized spacial score (nSPS) is 12.8. The van der Waals surface area contributed by atoms with Crippen LogP contribution in [0.15, 0.2) is 57.0 Å². The quantitative estimate of drug-likeness (QED) is 0.439. The van der Waals surface area contributed by atoms with Crippen LogP contribution in [0, 0.1) is 5.82 Å². The van der Waals surface area contributed by atoms with E-state index in [-0.39, 0.29) is 11.6 Å². The first-order valence-electron chi connectivity index (χ1n) is 9.32. The number of thioether (sulfide) groups is 1. The number of nitrogens with one attached hydrogen (secondary N) is 2. The van der Waals surface area contributed by atoms with Gasteiger partial charge in [0.15, 0.2) is 5.82 Å². The van der Waals surface area contributed by atoms with Crippen molar-refractivity contribution >= 4 is 29.2 Å². The maximum absolute atomic E-state index is 13.7. The second-order valence-electron chi connectivity index (χ2n) is 5.73. The number of carbonyl (C=O) groups excluding carboxylic acids is 1. The molecule has 7 nitrogen and oxygen atoms in total. The number of nitrogens with zero attached hydrogens (tertiary/aromatic N) is 2. The standard InChI is InChI=1S/C18H19FN6OS.C2H6/c1-2-8-22-18(26)12-6-7-13-17(23-12)24-14(15(25-21)16(20)27-13)10-4-3-5-11(19)9-10;1-2/h3-7,9,25H,2,8,20-21H2,1H3,(H,22,26);1-2H3. The Kier molecular flexibility index (Phi) is 8.17. The van der Waals surface area contributed by atoms with Crippen molar-refractivity contribution in [2.75, 3.05) is 6.54 Å². The number of hydrazine groups is 1. The molecular weight excluding hydrogens is 391 g/mol. The van der Waals surface area contributed by atoms with Crippen LogP contribution in [0.1, 0.15) is 43.2 Å². The van der Waals surface area contributed by atoms with Crippen LogP contribution in [0.3, 0.4) is 0 Å². The van der Waals surface area contributed by atoms with Crippen LogP contribution in [-0.2, 0) is 0 Å². The largest absolute Gasteiger partial charge is 0.391 e. The molecule has 0 saturated carbocycles. The highest BCUT2D eigenvalue weighted by Gasteiger charge is 2.22. The summed E-state index contributed by atoms with van der Waals surface area (Å²) in [5, 5.41) is 3.14. The van der Waals surface area contributed by atoms with Crippen molar-refractivity contribution in [2.24, 2.45) is 16.6 Å². The number of hydrogen-bond acceptors (Lipinski definition) is 7. The lowest BCUT2D eigenvalue weighted by Crippen LogP contribution is -2.30. The van der Waals surface area contributed by atoms with Gasteiger partial charge in [-0.15, -0.1) is 0 Å². The predicted molar refractivity (Wildman–Crippen MR) is 115 cm³/mol. The van der Waals surface area contributed by atoms with Gasteiger partial charge in [0.1, 0.15) is 22.9 Å². The van der Waals surface area contributed by atoms with Crippen LogP contribution >= 0.6 is 11.8 Å². The minimum absolute atomic E-state index is 0.243. The van der Waals surface area contributed by atoms with E-state index in [1.165, 1.54) is 23.9 Å². The lowest BCUT2D eigenvalue weighted by atomic mass is 10.1. The van der Waals surface area contributed by atoms with E-state index in [0.717, 1.165) is 6.42 Å². The third-order valence-corrected chi connectivity index (χ3v) is 4.73. The van der Waals surface area contributed by atoms with Crippen molar-refractivity contribution < 1.29 is 9.18 Å². The van der Waals surface area contributed by atoms with Gasteiger partial charge in [-0.05, 0) is 30.7 Å². The molecule has 3 rings (SSSR count). The first-order chi connectivity index (χ1) is 14.0. The van der Waals surface area contributed by atoms with E-state index in [0.29, 0.717) is 39.3 Å². The summed E-state index contributed by atoms with van der Waals surface area (Å²) in [5.74, 6) is 5.26. The molecule has 0 bridgehead atoms. The molecular formula is C20H25FN6OS. The van der Waals surface area contributed by atoms with Gasteiger partial charge in [-0.1, -0.05) is 44.7 Å². The molecule has 1 aliphatic heterocycles. The van der Waals surface area contributed by atoms with E-state index in [1.54, 1.807) is 24.3 Å². The average Bonchev–Trinajstić information content (AvgIpc) is 2.88. The van der Waals surface area contributed by atoms with Gasteiger partial charge in [-0.2, -0.15) is 0 Å². The molecule has 154 valence electrons. The van der Waals surface area contributed by atoms with Crippen molar-refractivity contribution in [3.8, 4) is 0 Å². The first kappa shape index (κ1) is 22.4. The molecule has 0 fully saturated rings. The van der Waals surface area contributed by atoms with Crippen LogP contribution in [-0.4, -0.2) is 23.1 Å². The monoisotopic (exact) mass is 416 g/mol.